The van der Waals surface area contributed by atoms with Gasteiger partial charge in [-0.25, -0.2) is 15.8 Å². The highest BCUT2D eigenvalue weighted by molar-refractivity contribution is 5.49. The van der Waals surface area contributed by atoms with Crippen LogP contribution in [0.3, 0.4) is 0 Å². The van der Waals surface area contributed by atoms with Crippen molar-refractivity contribution in [2.75, 3.05) is 30.0 Å². The molecule has 0 amide bonds. The van der Waals surface area contributed by atoms with Crippen LogP contribution in [0.2, 0.25) is 0 Å². The minimum Gasteiger partial charge on any atom is -0.374 e. The Morgan fingerprint density at radius 1 is 1.45 bits per heavy atom. The first-order valence-electron chi connectivity index (χ1n) is 7.44. The van der Waals surface area contributed by atoms with Crippen molar-refractivity contribution in [2.24, 2.45) is 11.8 Å². The molecule has 0 radical (unpaired) electrons. The van der Waals surface area contributed by atoms with Gasteiger partial charge in [-0.1, -0.05) is 13.3 Å². The molecular formula is C14H25N5O. The molecule has 0 spiro atoms. The first-order valence-corrected chi connectivity index (χ1v) is 7.44. The van der Waals surface area contributed by atoms with Crippen LogP contribution in [-0.4, -0.2) is 29.7 Å². The molecule has 20 heavy (non-hydrogen) atoms. The molecule has 1 atom stereocenters. The van der Waals surface area contributed by atoms with Gasteiger partial charge in [-0.15, -0.1) is 0 Å². The lowest BCUT2D eigenvalue weighted by Gasteiger charge is -2.19. The van der Waals surface area contributed by atoms with Gasteiger partial charge in [0.2, 0.25) is 0 Å². The molecule has 1 fully saturated rings. The van der Waals surface area contributed by atoms with Gasteiger partial charge in [-0.2, -0.15) is 0 Å². The van der Waals surface area contributed by atoms with Crippen LogP contribution in [0.1, 0.15) is 38.9 Å². The Bertz CT molecular complexity index is 426. The quantitative estimate of drug-likeness (QED) is 0.586. The molecule has 0 bridgehead atoms. The number of hydrogen-bond donors (Lipinski definition) is 2. The zero-order valence-corrected chi connectivity index (χ0v) is 12.4. The Balaban J connectivity index is 2.10. The van der Waals surface area contributed by atoms with E-state index < -0.39 is 0 Å². The summed E-state index contributed by atoms with van der Waals surface area (Å²) >= 11 is 0. The van der Waals surface area contributed by atoms with E-state index in [2.05, 4.69) is 27.2 Å². The molecule has 6 nitrogen and oxygen atoms in total. The van der Waals surface area contributed by atoms with Crippen molar-refractivity contribution in [3.05, 3.63) is 11.9 Å². The van der Waals surface area contributed by atoms with Gasteiger partial charge in [0.1, 0.15) is 18.2 Å². The number of hydrogen-bond acceptors (Lipinski definition) is 6. The number of hydrazine groups is 1. The summed E-state index contributed by atoms with van der Waals surface area (Å²) in [6.07, 6.45) is 3.77. The summed E-state index contributed by atoms with van der Waals surface area (Å²) in [6.45, 7) is 7.40. The molecule has 0 aliphatic carbocycles. The van der Waals surface area contributed by atoms with Crippen molar-refractivity contribution in [1.29, 1.82) is 0 Å². The average molecular weight is 279 g/mol. The van der Waals surface area contributed by atoms with Crippen molar-refractivity contribution in [1.82, 2.24) is 9.97 Å². The van der Waals surface area contributed by atoms with E-state index in [0.717, 1.165) is 24.8 Å². The van der Waals surface area contributed by atoms with Crippen molar-refractivity contribution in [3.63, 3.8) is 0 Å². The van der Waals surface area contributed by atoms with Gasteiger partial charge >= 0.3 is 0 Å². The molecular weight excluding hydrogens is 254 g/mol. The predicted octanol–water partition coefficient (Wildman–Crippen LogP) is 1.93. The summed E-state index contributed by atoms with van der Waals surface area (Å²) in [4.78, 5) is 11.2. The third kappa shape index (κ3) is 3.80. The van der Waals surface area contributed by atoms with Gasteiger partial charge in [-0.3, -0.25) is 0 Å². The largest absolute Gasteiger partial charge is 0.374 e. The first-order chi connectivity index (χ1) is 9.76. The number of rotatable bonds is 7. The Morgan fingerprint density at radius 2 is 2.30 bits per heavy atom. The van der Waals surface area contributed by atoms with Crippen LogP contribution in [0, 0.1) is 5.92 Å². The Morgan fingerprint density at radius 3 is 3.00 bits per heavy atom. The van der Waals surface area contributed by atoms with Gasteiger partial charge in [0, 0.05) is 25.8 Å². The molecule has 2 rings (SSSR count). The molecule has 0 aromatic carbocycles. The number of nitrogens with zero attached hydrogens (tertiary/aromatic N) is 3. The number of anilines is 2. The second kappa shape index (κ2) is 7.40. The number of aromatic nitrogens is 2. The minimum atomic E-state index is 0.422. The smallest absolute Gasteiger partial charge is 0.158 e. The fraction of sp³-hybridized carbons (Fsp3) is 0.714. The van der Waals surface area contributed by atoms with E-state index in [9.17, 15) is 0 Å². The summed E-state index contributed by atoms with van der Waals surface area (Å²) in [7, 11) is 0. The zero-order valence-electron chi connectivity index (χ0n) is 12.4. The molecule has 1 saturated heterocycles. The van der Waals surface area contributed by atoms with E-state index in [1.807, 2.05) is 13.0 Å². The van der Waals surface area contributed by atoms with Crippen LogP contribution in [-0.2, 0) is 11.3 Å². The van der Waals surface area contributed by atoms with Crippen LogP contribution in [0.15, 0.2) is 6.07 Å². The van der Waals surface area contributed by atoms with Crippen LogP contribution in [0.25, 0.3) is 0 Å². The van der Waals surface area contributed by atoms with E-state index in [0.29, 0.717) is 24.9 Å². The van der Waals surface area contributed by atoms with Gasteiger partial charge < -0.3 is 15.1 Å². The standard InChI is InChI=1S/C14H25N5O/c1-3-5-11-6-7-19(9-11)14-8-12(18-15)16-13(17-14)10-20-4-2/h8,11H,3-7,9-10,15H2,1-2H3,(H,16,17,18). The van der Waals surface area contributed by atoms with Gasteiger partial charge in [0.05, 0.1) is 0 Å². The lowest BCUT2D eigenvalue weighted by Crippen LogP contribution is -2.22. The topological polar surface area (TPSA) is 76.3 Å². The highest BCUT2D eigenvalue weighted by Crippen LogP contribution is 2.26. The summed E-state index contributed by atoms with van der Waals surface area (Å²) < 4.78 is 5.38. The van der Waals surface area contributed by atoms with E-state index >= 15 is 0 Å². The molecule has 1 aromatic heterocycles. The molecule has 3 N–H and O–H groups in total. The van der Waals surface area contributed by atoms with Crippen molar-refractivity contribution >= 4 is 11.6 Å². The SMILES string of the molecule is CCCC1CCN(c2cc(NN)nc(COCC)n2)C1. The van der Waals surface area contributed by atoms with Gasteiger partial charge in [0.15, 0.2) is 5.82 Å². The normalized spacial score (nSPS) is 18.6. The average Bonchev–Trinajstić information content (AvgIpc) is 2.94. The Labute approximate surface area is 120 Å². The molecule has 1 aliphatic rings. The minimum absolute atomic E-state index is 0.422. The summed E-state index contributed by atoms with van der Waals surface area (Å²) in [5.74, 6) is 8.53. The van der Waals surface area contributed by atoms with Crippen molar-refractivity contribution < 1.29 is 4.74 Å². The maximum Gasteiger partial charge on any atom is 0.158 e. The second-order valence-electron chi connectivity index (χ2n) is 5.20. The maximum atomic E-state index is 5.49. The lowest BCUT2D eigenvalue weighted by atomic mass is 10.0. The predicted molar refractivity (Wildman–Crippen MR) is 80.4 cm³/mol. The van der Waals surface area contributed by atoms with Crippen LogP contribution in [0.4, 0.5) is 11.6 Å². The summed E-state index contributed by atoms with van der Waals surface area (Å²) in [5.41, 5.74) is 2.61. The Hall–Kier alpha value is -1.40. The van der Waals surface area contributed by atoms with E-state index in [4.69, 9.17) is 10.6 Å². The van der Waals surface area contributed by atoms with Crippen LogP contribution >= 0.6 is 0 Å². The summed E-state index contributed by atoms with van der Waals surface area (Å²) in [6, 6.07) is 1.91. The van der Waals surface area contributed by atoms with Crippen molar-refractivity contribution in [3.8, 4) is 0 Å². The number of nitrogens with one attached hydrogen (secondary N) is 1. The third-order valence-electron chi connectivity index (χ3n) is 3.65. The number of nitrogen functional groups attached to an aromatic ring is 1. The lowest BCUT2D eigenvalue weighted by molar-refractivity contribution is 0.128. The fourth-order valence-electron chi connectivity index (χ4n) is 2.66. The molecule has 2 heterocycles. The monoisotopic (exact) mass is 279 g/mol. The van der Waals surface area contributed by atoms with Crippen molar-refractivity contribution in [2.45, 2.75) is 39.7 Å². The highest BCUT2D eigenvalue weighted by atomic mass is 16.5. The maximum absolute atomic E-state index is 5.49. The molecule has 1 aromatic rings. The number of nitrogens with two attached hydrogens (primary N) is 1. The number of ether oxygens (including phenoxy) is 1. The zero-order chi connectivity index (χ0) is 14.4. The Kier molecular flexibility index (Phi) is 5.55. The van der Waals surface area contributed by atoms with Crippen LogP contribution < -0.4 is 16.2 Å². The van der Waals surface area contributed by atoms with Crippen LogP contribution in [0.5, 0.6) is 0 Å². The molecule has 112 valence electrons. The molecule has 1 unspecified atom stereocenters. The second-order valence-corrected chi connectivity index (χ2v) is 5.20. The summed E-state index contributed by atoms with van der Waals surface area (Å²) in [5, 5.41) is 0. The fourth-order valence-corrected chi connectivity index (χ4v) is 2.66. The highest BCUT2D eigenvalue weighted by Gasteiger charge is 2.23. The molecule has 6 heteroatoms. The first kappa shape index (κ1) is 15.0. The van der Waals surface area contributed by atoms with E-state index in [1.54, 1.807) is 0 Å². The van der Waals surface area contributed by atoms with E-state index in [1.165, 1.54) is 19.3 Å². The van der Waals surface area contributed by atoms with E-state index in [-0.39, 0.29) is 0 Å². The third-order valence-corrected chi connectivity index (χ3v) is 3.65. The molecule has 0 saturated carbocycles. The van der Waals surface area contributed by atoms with Gasteiger partial charge in [-0.05, 0) is 25.7 Å². The van der Waals surface area contributed by atoms with Gasteiger partial charge in [0.25, 0.3) is 0 Å². The molecule has 1 aliphatic heterocycles.